The van der Waals surface area contributed by atoms with Crippen molar-refractivity contribution in [2.75, 3.05) is 0 Å². The van der Waals surface area contributed by atoms with E-state index < -0.39 is 26.4 Å². The Hall–Kier alpha value is -2.94. The van der Waals surface area contributed by atoms with Crippen LogP contribution in [0, 0.1) is 17.0 Å². The molecule has 0 fully saturated rings. The Bertz CT molecular complexity index is 860. The highest BCUT2D eigenvalue weighted by molar-refractivity contribution is 7.89. The maximum Gasteiger partial charge on any atom is 0.311 e. The standard InChI is InChI=1S/C14H13N3O5S/c1-10-5-7-12(8-6-10)23(21,22)16-15-9-11-3-2-4-13(14(11)18)17(19)20/h2-9,16,18H,1H3/b15-9+. The summed E-state index contributed by atoms with van der Waals surface area (Å²) in [6.07, 6.45) is 0.994. The van der Waals surface area contributed by atoms with Gasteiger partial charge in [-0.1, -0.05) is 23.8 Å². The van der Waals surface area contributed by atoms with Crippen LogP contribution in [0.1, 0.15) is 11.1 Å². The van der Waals surface area contributed by atoms with Crippen molar-refractivity contribution >= 4 is 21.9 Å². The number of nitro groups is 1. The third kappa shape index (κ3) is 3.83. The topological polar surface area (TPSA) is 122 Å². The van der Waals surface area contributed by atoms with Crippen LogP contribution in [0.15, 0.2) is 52.5 Å². The molecule has 0 atom stereocenters. The number of sulfonamides is 1. The van der Waals surface area contributed by atoms with Crippen molar-refractivity contribution < 1.29 is 18.4 Å². The van der Waals surface area contributed by atoms with Crippen LogP contribution in [0.3, 0.4) is 0 Å². The predicted octanol–water partition coefficient (Wildman–Crippen LogP) is 1.92. The van der Waals surface area contributed by atoms with Crippen molar-refractivity contribution in [3.63, 3.8) is 0 Å². The van der Waals surface area contributed by atoms with Crippen LogP contribution in [0.2, 0.25) is 0 Å². The third-order valence-corrected chi connectivity index (χ3v) is 4.19. The molecule has 0 amide bonds. The zero-order valence-electron chi connectivity index (χ0n) is 12.0. The van der Waals surface area contributed by atoms with Crippen LogP contribution in [0.5, 0.6) is 5.75 Å². The van der Waals surface area contributed by atoms with Crippen LogP contribution < -0.4 is 4.83 Å². The number of rotatable bonds is 5. The molecule has 2 aromatic rings. The van der Waals surface area contributed by atoms with Gasteiger partial charge in [-0.3, -0.25) is 10.1 Å². The Kier molecular flexibility index (Phi) is 4.60. The summed E-state index contributed by atoms with van der Waals surface area (Å²) in [5, 5.41) is 24.0. The summed E-state index contributed by atoms with van der Waals surface area (Å²) in [6.45, 7) is 1.83. The largest absolute Gasteiger partial charge is 0.502 e. The molecular weight excluding hydrogens is 322 g/mol. The normalized spacial score (nSPS) is 11.5. The average Bonchev–Trinajstić information content (AvgIpc) is 2.49. The molecule has 8 nitrogen and oxygen atoms in total. The number of hydrogen-bond acceptors (Lipinski definition) is 6. The minimum Gasteiger partial charge on any atom is -0.502 e. The Morgan fingerprint density at radius 3 is 2.48 bits per heavy atom. The molecule has 120 valence electrons. The fourth-order valence-corrected chi connectivity index (χ4v) is 2.53. The number of nitrogens with one attached hydrogen (secondary N) is 1. The summed E-state index contributed by atoms with van der Waals surface area (Å²) >= 11 is 0. The molecule has 0 unspecified atom stereocenters. The quantitative estimate of drug-likeness (QED) is 0.491. The summed E-state index contributed by atoms with van der Waals surface area (Å²) in [7, 11) is -3.85. The number of aromatic hydroxyl groups is 1. The third-order valence-electron chi connectivity index (χ3n) is 2.95. The van der Waals surface area contributed by atoms with Gasteiger partial charge in [0, 0.05) is 11.6 Å². The van der Waals surface area contributed by atoms with Crippen LogP contribution >= 0.6 is 0 Å². The maximum atomic E-state index is 12.0. The lowest BCUT2D eigenvalue weighted by Gasteiger charge is -2.04. The highest BCUT2D eigenvalue weighted by Gasteiger charge is 2.16. The van der Waals surface area contributed by atoms with E-state index in [0.29, 0.717) is 0 Å². The number of para-hydroxylation sites is 1. The van der Waals surface area contributed by atoms with E-state index in [0.717, 1.165) is 17.8 Å². The average molecular weight is 335 g/mol. The van der Waals surface area contributed by atoms with Crippen LogP contribution in [-0.4, -0.2) is 24.7 Å². The molecule has 0 aliphatic carbocycles. The number of benzene rings is 2. The maximum absolute atomic E-state index is 12.0. The highest BCUT2D eigenvalue weighted by atomic mass is 32.2. The Balaban J connectivity index is 2.20. The molecule has 0 saturated carbocycles. The first kappa shape index (κ1) is 16.4. The van der Waals surface area contributed by atoms with Crippen molar-refractivity contribution in [1.82, 2.24) is 4.83 Å². The zero-order chi connectivity index (χ0) is 17.0. The van der Waals surface area contributed by atoms with Crippen LogP contribution in [-0.2, 0) is 10.0 Å². The molecule has 0 saturated heterocycles. The number of nitro benzene ring substituents is 1. The second-order valence-electron chi connectivity index (χ2n) is 4.64. The first-order chi connectivity index (χ1) is 10.8. The summed E-state index contributed by atoms with van der Waals surface area (Å²) in [5.41, 5.74) is 0.440. The molecule has 9 heteroatoms. The summed E-state index contributed by atoms with van der Waals surface area (Å²) < 4.78 is 24.0. The van der Waals surface area contributed by atoms with E-state index in [2.05, 4.69) is 5.10 Å². The molecule has 2 aromatic carbocycles. The lowest BCUT2D eigenvalue weighted by molar-refractivity contribution is -0.385. The molecule has 2 N–H and O–H groups in total. The number of phenols is 1. The summed E-state index contributed by atoms with van der Waals surface area (Å²) in [4.78, 5) is 12.0. The van der Waals surface area contributed by atoms with Crippen LogP contribution in [0.4, 0.5) is 5.69 Å². The minimum absolute atomic E-state index is 0.0193. The van der Waals surface area contributed by atoms with Crippen molar-refractivity contribution in [2.45, 2.75) is 11.8 Å². The number of hydrazone groups is 1. The fourth-order valence-electron chi connectivity index (χ4n) is 1.74. The second-order valence-corrected chi connectivity index (χ2v) is 6.30. The molecule has 0 aromatic heterocycles. The van der Waals surface area contributed by atoms with E-state index in [9.17, 15) is 23.6 Å². The van der Waals surface area contributed by atoms with E-state index >= 15 is 0 Å². The monoisotopic (exact) mass is 335 g/mol. The number of hydrogen-bond donors (Lipinski definition) is 2. The first-order valence-corrected chi connectivity index (χ1v) is 7.87. The van der Waals surface area contributed by atoms with Gasteiger partial charge in [-0.15, -0.1) is 0 Å². The van der Waals surface area contributed by atoms with Gasteiger partial charge in [-0.2, -0.15) is 13.5 Å². The molecule has 0 aliphatic rings. The van der Waals surface area contributed by atoms with Crippen LogP contribution in [0.25, 0.3) is 0 Å². The molecule has 23 heavy (non-hydrogen) atoms. The molecule has 0 bridgehead atoms. The van der Waals surface area contributed by atoms with Crippen molar-refractivity contribution in [1.29, 1.82) is 0 Å². The predicted molar refractivity (Wildman–Crippen MR) is 83.9 cm³/mol. The first-order valence-electron chi connectivity index (χ1n) is 6.39. The van der Waals surface area contributed by atoms with Gasteiger partial charge in [0.1, 0.15) is 0 Å². The van der Waals surface area contributed by atoms with Gasteiger partial charge in [-0.25, -0.2) is 4.83 Å². The van der Waals surface area contributed by atoms with E-state index in [1.54, 1.807) is 12.1 Å². The van der Waals surface area contributed by atoms with Crippen molar-refractivity contribution in [3.8, 4) is 5.75 Å². The molecule has 2 rings (SSSR count). The van der Waals surface area contributed by atoms with Gasteiger partial charge in [0.05, 0.1) is 16.0 Å². The molecule has 0 spiro atoms. The molecule has 0 radical (unpaired) electrons. The smallest absolute Gasteiger partial charge is 0.311 e. The van der Waals surface area contributed by atoms with E-state index in [1.165, 1.54) is 24.3 Å². The number of aryl methyl sites for hydroxylation is 1. The SMILES string of the molecule is Cc1ccc(S(=O)(=O)N/N=C/c2cccc([N+](=O)[O-])c2O)cc1. The Morgan fingerprint density at radius 2 is 1.87 bits per heavy atom. The van der Waals surface area contributed by atoms with Gasteiger partial charge >= 0.3 is 5.69 Å². The summed E-state index contributed by atoms with van der Waals surface area (Å²) in [5.74, 6) is -0.587. The van der Waals surface area contributed by atoms with Gasteiger partial charge in [0.15, 0.2) is 0 Å². The summed E-state index contributed by atoms with van der Waals surface area (Å²) in [6, 6.07) is 9.99. The van der Waals surface area contributed by atoms with Crippen molar-refractivity contribution in [2.24, 2.45) is 5.10 Å². The van der Waals surface area contributed by atoms with E-state index in [-0.39, 0.29) is 10.5 Å². The number of nitrogens with zero attached hydrogens (tertiary/aromatic N) is 2. The molecule has 0 aliphatic heterocycles. The lowest BCUT2D eigenvalue weighted by atomic mass is 10.2. The highest BCUT2D eigenvalue weighted by Crippen LogP contribution is 2.27. The van der Waals surface area contributed by atoms with Gasteiger partial charge in [-0.05, 0) is 25.1 Å². The van der Waals surface area contributed by atoms with Gasteiger partial charge in [0.2, 0.25) is 5.75 Å². The Labute approximate surface area is 132 Å². The number of phenolic OH excluding ortho intramolecular Hbond substituents is 1. The lowest BCUT2D eigenvalue weighted by Crippen LogP contribution is -2.18. The van der Waals surface area contributed by atoms with E-state index in [4.69, 9.17) is 0 Å². The Morgan fingerprint density at radius 1 is 1.22 bits per heavy atom. The van der Waals surface area contributed by atoms with E-state index in [1.807, 2.05) is 11.8 Å². The molecular formula is C14H13N3O5S. The van der Waals surface area contributed by atoms with Crippen molar-refractivity contribution in [3.05, 3.63) is 63.7 Å². The fraction of sp³-hybridized carbons (Fsp3) is 0.0714. The minimum atomic E-state index is -3.85. The van der Waals surface area contributed by atoms with Gasteiger partial charge in [0.25, 0.3) is 10.0 Å². The molecule has 0 heterocycles. The second kappa shape index (κ2) is 6.44. The van der Waals surface area contributed by atoms with Gasteiger partial charge < -0.3 is 5.11 Å². The zero-order valence-corrected chi connectivity index (χ0v) is 12.8.